The fourth-order valence-electron chi connectivity index (χ4n) is 0.945. The molecule has 0 bridgehead atoms. The van der Waals surface area contributed by atoms with Crippen molar-refractivity contribution >= 4 is 11.6 Å². The van der Waals surface area contributed by atoms with Crippen molar-refractivity contribution in [2.75, 3.05) is 11.9 Å². The van der Waals surface area contributed by atoms with E-state index in [1.165, 1.54) is 18.3 Å². The lowest BCUT2D eigenvalue weighted by atomic mass is 10.4. The highest BCUT2D eigenvalue weighted by molar-refractivity contribution is 5.90. The summed E-state index contributed by atoms with van der Waals surface area (Å²) in [5, 5.41) is 2.51. The molecule has 1 amide bonds. The summed E-state index contributed by atoms with van der Waals surface area (Å²) in [5.41, 5.74) is 0.413. The van der Waals surface area contributed by atoms with Gasteiger partial charge in [-0.05, 0) is 6.07 Å². The number of pyridine rings is 1. The molecule has 1 rings (SSSR count). The summed E-state index contributed by atoms with van der Waals surface area (Å²) in [6, 6.07) is 2.68. The van der Waals surface area contributed by atoms with Crippen LogP contribution in [0.5, 0.6) is 5.88 Å². The molecule has 0 aromatic carbocycles. The van der Waals surface area contributed by atoms with Crippen LogP contribution in [0.15, 0.2) is 18.3 Å². The van der Waals surface area contributed by atoms with Gasteiger partial charge in [-0.3, -0.25) is 4.79 Å². The summed E-state index contributed by atoms with van der Waals surface area (Å²) < 4.78 is 39.9. The monoisotopic (exact) mass is 248 g/mol. The smallest absolute Gasteiger partial charge is 0.422 e. The number of ether oxygens (including phenoxy) is 1. The summed E-state index contributed by atoms with van der Waals surface area (Å²) >= 11 is 0. The van der Waals surface area contributed by atoms with Gasteiger partial charge in [0.25, 0.3) is 0 Å². The van der Waals surface area contributed by atoms with E-state index in [1.54, 1.807) is 6.92 Å². The van der Waals surface area contributed by atoms with E-state index in [9.17, 15) is 18.0 Å². The van der Waals surface area contributed by atoms with E-state index in [0.29, 0.717) is 12.1 Å². The van der Waals surface area contributed by atoms with Crippen LogP contribution in [-0.4, -0.2) is 23.7 Å². The molecule has 0 fully saturated rings. The zero-order valence-corrected chi connectivity index (χ0v) is 9.04. The molecular formula is C10H11F3N2O2. The Labute approximate surface area is 95.8 Å². The standard InChI is InChI=1S/C10H11F3N2O2/c1-2-8(16)15-7-3-4-9(14-5-7)17-6-10(11,12)13/h3-5H,2,6H2,1H3,(H,15,16). The molecule has 1 heterocycles. The summed E-state index contributed by atoms with van der Waals surface area (Å²) in [6.07, 6.45) is -2.84. The average molecular weight is 248 g/mol. The zero-order chi connectivity index (χ0) is 12.9. The molecule has 0 aliphatic carbocycles. The van der Waals surface area contributed by atoms with E-state index in [-0.39, 0.29) is 11.8 Å². The highest BCUT2D eigenvalue weighted by Gasteiger charge is 2.28. The van der Waals surface area contributed by atoms with E-state index in [1.807, 2.05) is 0 Å². The number of carbonyl (C=O) groups is 1. The second kappa shape index (κ2) is 5.51. The van der Waals surface area contributed by atoms with Gasteiger partial charge >= 0.3 is 6.18 Å². The Balaban J connectivity index is 2.53. The van der Waals surface area contributed by atoms with Gasteiger partial charge in [-0.1, -0.05) is 6.92 Å². The van der Waals surface area contributed by atoms with E-state index < -0.39 is 12.8 Å². The predicted molar refractivity (Wildman–Crippen MR) is 54.7 cm³/mol. The van der Waals surface area contributed by atoms with Gasteiger partial charge in [0.05, 0.1) is 11.9 Å². The lowest BCUT2D eigenvalue weighted by molar-refractivity contribution is -0.154. The van der Waals surface area contributed by atoms with Crippen LogP contribution in [0.25, 0.3) is 0 Å². The number of nitrogens with one attached hydrogen (secondary N) is 1. The molecular weight excluding hydrogens is 237 g/mol. The Kier molecular flexibility index (Phi) is 4.30. The summed E-state index contributed by atoms with van der Waals surface area (Å²) in [7, 11) is 0. The van der Waals surface area contributed by atoms with Crippen LogP contribution in [0.4, 0.5) is 18.9 Å². The van der Waals surface area contributed by atoms with Crippen molar-refractivity contribution in [1.29, 1.82) is 0 Å². The van der Waals surface area contributed by atoms with Gasteiger partial charge in [-0.25, -0.2) is 4.98 Å². The number of nitrogens with zero attached hydrogens (tertiary/aromatic N) is 1. The van der Waals surface area contributed by atoms with Crippen LogP contribution in [-0.2, 0) is 4.79 Å². The first-order valence-electron chi connectivity index (χ1n) is 4.86. The predicted octanol–water partition coefficient (Wildman–Crippen LogP) is 2.37. The molecule has 0 radical (unpaired) electrons. The first-order valence-corrected chi connectivity index (χ1v) is 4.86. The van der Waals surface area contributed by atoms with Crippen molar-refractivity contribution in [2.24, 2.45) is 0 Å². The van der Waals surface area contributed by atoms with E-state index in [0.717, 1.165) is 0 Å². The summed E-state index contributed by atoms with van der Waals surface area (Å²) in [6.45, 7) is 0.296. The zero-order valence-electron chi connectivity index (χ0n) is 9.04. The molecule has 0 aliphatic rings. The minimum atomic E-state index is -4.39. The lowest BCUT2D eigenvalue weighted by Crippen LogP contribution is -2.19. The number of aromatic nitrogens is 1. The number of rotatable bonds is 4. The Morgan fingerprint density at radius 1 is 1.47 bits per heavy atom. The fourth-order valence-corrected chi connectivity index (χ4v) is 0.945. The number of alkyl halides is 3. The van der Waals surface area contributed by atoms with Gasteiger partial charge < -0.3 is 10.1 Å². The normalized spacial score (nSPS) is 11.1. The van der Waals surface area contributed by atoms with Crippen LogP contribution in [0, 0.1) is 0 Å². The minimum absolute atomic E-state index is 0.142. The number of carbonyl (C=O) groups excluding carboxylic acids is 1. The number of hydrogen-bond donors (Lipinski definition) is 1. The molecule has 0 aliphatic heterocycles. The van der Waals surface area contributed by atoms with Crippen molar-refractivity contribution in [3.8, 4) is 5.88 Å². The van der Waals surface area contributed by atoms with Crippen LogP contribution in [0.2, 0.25) is 0 Å². The van der Waals surface area contributed by atoms with Crippen LogP contribution in [0.1, 0.15) is 13.3 Å². The van der Waals surface area contributed by atoms with E-state index >= 15 is 0 Å². The maximum Gasteiger partial charge on any atom is 0.422 e. The molecule has 94 valence electrons. The Morgan fingerprint density at radius 3 is 2.65 bits per heavy atom. The van der Waals surface area contributed by atoms with Crippen molar-refractivity contribution in [2.45, 2.75) is 19.5 Å². The molecule has 0 saturated carbocycles. The maximum atomic E-state index is 11.8. The number of halogens is 3. The summed E-state index contributed by atoms with van der Waals surface area (Å²) in [4.78, 5) is 14.6. The first kappa shape index (κ1) is 13.3. The van der Waals surface area contributed by atoms with Gasteiger partial charge in [0.1, 0.15) is 0 Å². The Bertz CT molecular complexity index is 376. The highest BCUT2D eigenvalue weighted by atomic mass is 19.4. The number of anilines is 1. The third-order valence-corrected chi connectivity index (χ3v) is 1.72. The summed E-state index contributed by atoms with van der Waals surface area (Å²) in [5.74, 6) is -0.340. The third kappa shape index (κ3) is 5.19. The van der Waals surface area contributed by atoms with Gasteiger partial charge in [0.2, 0.25) is 11.8 Å². The molecule has 1 aromatic rings. The van der Waals surface area contributed by atoms with Gasteiger partial charge in [-0.15, -0.1) is 0 Å². The minimum Gasteiger partial charge on any atom is -0.468 e. The first-order chi connectivity index (χ1) is 7.90. The molecule has 4 nitrogen and oxygen atoms in total. The van der Waals surface area contributed by atoms with Crippen molar-refractivity contribution in [3.05, 3.63) is 18.3 Å². The van der Waals surface area contributed by atoms with Gasteiger partial charge in [-0.2, -0.15) is 13.2 Å². The van der Waals surface area contributed by atoms with Crippen LogP contribution >= 0.6 is 0 Å². The second-order valence-electron chi connectivity index (χ2n) is 3.19. The number of amides is 1. The molecule has 0 saturated heterocycles. The van der Waals surface area contributed by atoms with Gasteiger partial charge in [0, 0.05) is 12.5 Å². The molecule has 1 aromatic heterocycles. The lowest BCUT2D eigenvalue weighted by Gasteiger charge is -2.08. The Morgan fingerprint density at radius 2 is 2.18 bits per heavy atom. The highest BCUT2D eigenvalue weighted by Crippen LogP contribution is 2.17. The van der Waals surface area contributed by atoms with E-state index in [2.05, 4.69) is 15.0 Å². The third-order valence-electron chi connectivity index (χ3n) is 1.72. The molecule has 0 unspecified atom stereocenters. The van der Waals surface area contributed by atoms with Crippen molar-refractivity contribution in [3.63, 3.8) is 0 Å². The fraction of sp³-hybridized carbons (Fsp3) is 0.400. The SMILES string of the molecule is CCC(=O)Nc1ccc(OCC(F)(F)F)nc1. The van der Waals surface area contributed by atoms with Crippen molar-refractivity contribution < 1.29 is 22.7 Å². The van der Waals surface area contributed by atoms with Crippen molar-refractivity contribution in [1.82, 2.24) is 4.98 Å². The molecule has 17 heavy (non-hydrogen) atoms. The topological polar surface area (TPSA) is 51.2 Å². The van der Waals surface area contributed by atoms with E-state index in [4.69, 9.17) is 0 Å². The average Bonchev–Trinajstić information content (AvgIpc) is 2.27. The largest absolute Gasteiger partial charge is 0.468 e. The van der Waals surface area contributed by atoms with Gasteiger partial charge in [0.15, 0.2) is 6.61 Å². The maximum absolute atomic E-state index is 11.8. The van der Waals surface area contributed by atoms with Crippen LogP contribution < -0.4 is 10.1 Å². The molecule has 7 heteroatoms. The number of hydrogen-bond acceptors (Lipinski definition) is 3. The quantitative estimate of drug-likeness (QED) is 0.889. The Hall–Kier alpha value is -1.79. The molecule has 0 atom stereocenters. The van der Waals surface area contributed by atoms with Crippen LogP contribution in [0.3, 0.4) is 0 Å². The molecule has 1 N–H and O–H groups in total. The molecule has 0 spiro atoms. The second-order valence-corrected chi connectivity index (χ2v) is 3.19.